The first-order valence-electron chi connectivity index (χ1n) is 10.1. The molecular weight excluding hydrogens is 410 g/mol. The number of pyridine rings is 1. The number of benzene rings is 1. The molecule has 0 saturated carbocycles. The lowest BCUT2D eigenvalue weighted by molar-refractivity contribution is 0.467. The summed E-state index contributed by atoms with van der Waals surface area (Å²) in [6, 6.07) is 10.8. The van der Waals surface area contributed by atoms with Gasteiger partial charge in [0.25, 0.3) is 0 Å². The number of hydrogen-bond donors (Lipinski definition) is 0. The van der Waals surface area contributed by atoms with E-state index in [0.717, 1.165) is 46.0 Å². The molecule has 7 heteroatoms. The highest BCUT2D eigenvalue weighted by Crippen LogP contribution is 2.42. The van der Waals surface area contributed by atoms with Crippen molar-refractivity contribution in [3.63, 3.8) is 0 Å². The number of aryl methyl sites for hydroxylation is 3. The summed E-state index contributed by atoms with van der Waals surface area (Å²) >= 11 is 1.72. The van der Waals surface area contributed by atoms with Gasteiger partial charge in [0.15, 0.2) is 5.82 Å². The molecule has 1 aliphatic carbocycles. The van der Waals surface area contributed by atoms with Gasteiger partial charge in [-0.1, -0.05) is 0 Å². The van der Waals surface area contributed by atoms with Crippen molar-refractivity contribution < 1.29 is 9.15 Å². The molecule has 0 aliphatic heterocycles. The van der Waals surface area contributed by atoms with Crippen molar-refractivity contribution in [2.45, 2.75) is 26.2 Å². The third kappa shape index (κ3) is 3.09. The zero-order valence-electron chi connectivity index (χ0n) is 16.7. The average molecular weight is 427 g/mol. The van der Waals surface area contributed by atoms with Gasteiger partial charge in [-0.2, -0.15) is 4.98 Å². The predicted molar refractivity (Wildman–Crippen MR) is 120 cm³/mol. The van der Waals surface area contributed by atoms with Gasteiger partial charge < -0.3 is 9.15 Å². The third-order valence-electron chi connectivity index (χ3n) is 5.59. The number of rotatable bonds is 3. The van der Waals surface area contributed by atoms with Crippen LogP contribution in [0.5, 0.6) is 11.6 Å². The fourth-order valence-electron chi connectivity index (χ4n) is 4.14. The standard InChI is InChI=1S/C24H17N3O3S/c1-13-10-20(28)30-18-11-15(7-8-16(13)18)29-23-21-17-5-2-6-19(17)31-24(21)27-22(26-23)14-4-3-9-25-12-14/h3-4,7-12H,2,5-6H2,1H3. The van der Waals surface area contributed by atoms with Gasteiger partial charge >= 0.3 is 5.63 Å². The van der Waals surface area contributed by atoms with Crippen LogP contribution in [0.4, 0.5) is 0 Å². The normalized spacial score (nSPS) is 13.1. The minimum absolute atomic E-state index is 0.374. The van der Waals surface area contributed by atoms with Crippen molar-refractivity contribution in [1.29, 1.82) is 0 Å². The maximum absolute atomic E-state index is 11.8. The van der Waals surface area contributed by atoms with Crippen LogP contribution in [0.15, 0.2) is 58.0 Å². The molecule has 0 fully saturated rings. The van der Waals surface area contributed by atoms with Crippen LogP contribution in [0.1, 0.15) is 22.4 Å². The Morgan fingerprint density at radius 2 is 2.06 bits per heavy atom. The molecule has 0 atom stereocenters. The van der Waals surface area contributed by atoms with E-state index >= 15 is 0 Å². The summed E-state index contributed by atoms with van der Waals surface area (Å²) < 4.78 is 11.7. The summed E-state index contributed by atoms with van der Waals surface area (Å²) in [5.74, 6) is 1.67. The second-order valence-corrected chi connectivity index (χ2v) is 8.72. The van der Waals surface area contributed by atoms with Gasteiger partial charge in [-0.05, 0) is 61.6 Å². The summed E-state index contributed by atoms with van der Waals surface area (Å²) in [6.45, 7) is 1.89. The average Bonchev–Trinajstić information content (AvgIpc) is 3.35. The first kappa shape index (κ1) is 18.2. The van der Waals surface area contributed by atoms with E-state index in [4.69, 9.17) is 19.1 Å². The Balaban J connectivity index is 1.53. The molecule has 4 aromatic heterocycles. The molecule has 5 aromatic rings. The molecule has 0 unspecified atom stereocenters. The van der Waals surface area contributed by atoms with E-state index in [-0.39, 0.29) is 5.63 Å². The van der Waals surface area contributed by atoms with Crippen LogP contribution in [-0.4, -0.2) is 15.0 Å². The summed E-state index contributed by atoms with van der Waals surface area (Å²) in [5, 5.41) is 1.86. The highest BCUT2D eigenvalue weighted by Gasteiger charge is 2.24. The number of ether oxygens (including phenoxy) is 1. The van der Waals surface area contributed by atoms with Crippen molar-refractivity contribution in [3.8, 4) is 23.0 Å². The Labute approximate surface area is 181 Å². The Morgan fingerprint density at radius 3 is 2.94 bits per heavy atom. The molecule has 0 radical (unpaired) electrons. The maximum Gasteiger partial charge on any atom is 0.336 e. The van der Waals surface area contributed by atoms with E-state index in [1.807, 2.05) is 31.2 Å². The molecule has 0 amide bonds. The van der Waals surface area contributed by atoms with Crippen molar-refractivity contribution >= 4 is 32.5 Å². The van der Waals surface area contributed by atoms with Crippen LogP contribution >= 0.6 is 11.3 Å². The lowest BCUT2D eigenvalue weighted by atomic mass is 10.1. The number of nitrogens with zero attached hydrogens (tertiary/aromatic N) is 3. The minimum atomic E-state index is -0.374. The van der Waals surface area contributed by atoms with Gasteiger partial charge in [-0.3, -0.25) is 4.98 Å². The molecular formula is C24H17N3O3S. The van der Waals surface area contributed by atoms with Crippen molar-refractivity contribution in [2.24, 2.45) is 0 Å². The molecule has 0 bridgehead atoms. The Hall–Kier alpha value is -3.58. The van der Waals surface area contributed by atoms with Crippen LogP contribution < -0.4 is 10.4 Å². The second kappa shape index (κ2) is 6.99. The highest BCUT2D eigenvalue weighted by molar-refractivity contribution is 7.19. The second-order valence-electron chi connectivity index (χ2n) is 7.64. The lowest BCUT2D eigenvalue weighted by Crippen LogP contribution is -1.99. The van der Waals surface area contributed by atoms with Crippen molar-refractivity contribution in [2.75, 3.05) is 0 Å². The van der Waals surface area contributed by atoms with Crippen LogP contribution in [0.25, 0.3) is 32.6 Å². The lowest BCUT2D eigenvalue weighted by Gasteiger charge is -2.10. The topological polar surface area (TPSA) is 78.1 Å². The first-order valence-corrected chi connectivity index (χ1v) is 10.9. The zero-order valence-corrected chi connectivity index (χ0v) is 17.5. The van der Waals surface area contributed by atoms with Gasteiger partial charge in [-0.25, -0.2) is 9.78 Å². The van der Waals surface area contributed by atoms with Gasteiger partial charge in [0.1, 0.15) is 16.2 Å². The molecule has 4 heterocycles. The Bertz CT molecular complexity index is 1520. The molecule has 1 aromatic carbocycles. The highest BCUT2D eigenvalue weighted by atomic mass is 32.1. The molecule has 1 aliphatic rings. The molecule has 31 heavy (non-hydrogen) atoms. The van der Waals surface area contributed by atoms with Gasteiger partial charge in [0.05, 0.1) is 5.39 Å². The van der Waals surface area contributed by atoms with E-state index < -0.39 is 0 Å². The number of thiophene rings is 1. The first-order chi connectivity index (χ1) is 15.2. The van der Waals surface area contributed by atoms with Crippen molar-refractivity contribution in [1.82, 2.24) is 15.0 Å². The van der Waals surface area contributed by atoms with E-state index in [0.29, 0.717) is 23.0 Å². The zero-order chi connectivity index (χ0) is 20.9. The van der Waals surface area contributed by atoms with Gasteiger partial charge in [-0.15, -0.1) is 11.3 Å². The smallest absolute Gasteiger partial charge is 0.336 e. The summed E-state index contributed by atoms with van der Waals surface area (Å²) in [7, 11) is 0. The third-order valence-corrected chi connectivity index (χ3v) is 6.77. The predicted octanol–water partition coefficient (Wildman–Crippen LogP) is 5.45. The van der Waals surface area contributed by atoms with E-state index in [1.54, 1.807) is 29.8 Å². The number of aromatic nitrogens is 3. The maximum atomic E-state index is 11.8. The fraction of sp³-hybridized carbons (Fsp3) is 0.167. The molecule has 6 rings (SSSR count). The quantitative estimate of drug-likeness (QED) is 0.356. The van der Waals surface area contributed by atoms with E-state index in [9.17, 15) is 4.79 Å². The molecule has 0 N–H and O–H groups in total. The van der Waals surface area contributed by atoms with Gasteiger partial charge in [0, 0.05) is 40.4 Å². The molecule has 152 valence electrons. The monoisotopic (exact) mass is 427 g/mol. The van der Waals surface area contributed by atoms with Crippen LogP contribution in [0.2, 0.25) is 0 Å². The van der Waals surface area contributed by atoms with Gasteiger partial charge in [0.2, 0.25) is 5.88 Å². The number of fused-ring (bicyclic) bond motifs is 4. The van der Waals surface area contributed by atoms with Crippen LogP contribution in [0.3, 0.4) is 0 Å². The minimum Gasteiger partial charge on any atom is -0.438 e. The molecule has 0 spiro atoms. The van der Waals surface area contributed by atoms with E-state index in [2.05, 4.69) is 4.98 Å². The Morgan fingerprint density at radius 1 is 1.13 bits per heavy atom. The van der Waals surface area contributed by atoms with Crippen LogP contribution in [-0.2, 0) is 12.8 Å². The molecule has 0 saturated heterocycles. The summed E-state index contributed by atoms with van der Waals surface area (Å²) in [4.78, 5) is 27.9. The Kier molecular flexibility index (Phi) is 4.11. The molecule has 6 nitrogen and oxygen atoms in total. The summed E-state index contributed by atoms with van der Waals surface area (Å²) in [6.07, 6.45) is 6.69. The van der Waals surface area contributed by atoms with E-state index in [1.165, 1.54) is 16.5 Å². The summed E-state index contributed by atoms with van der Waals surface area (Å²) in [5.41, 5.74) is 3.12. The fourth-order valence-corrected chi connectivity index (χ4v) is 5.39. The number of hydrogen-bond acceptors (Lipinski definition) is 7. The SMILES string of the molecule is Cc1cc(=O)oc2cc(Oc3nc(-c4cccnc4)nc4sc5c(c34)CCC5)ccc12. The van der Waals surface area contributed by atoms with Crippen LogP contribution in [0, 0.1) is 6.92 Å². The van der Waals surface area contributed by atoms with Crippen molar-refractivity contribution in [3.05, 3.63) is 75.2 Å². The largest absolute Gasteiger partial charge is 0.438 e.